The van der Waals surface area contributed by atoms with E-state index in [1.54, 1.807) is 36.4 Å². The summed E-state index contributed by atoms with van der Waals surface area (Å²) >= 11 is 3.35. The predicted molar refractivity (Wildman–Crippen MR) is 105 cm³/mol. The standard InChI is InChI=1S/C20H20BrNO4/c1-3-22-20(24)13-26-18-10-8-14(11-19(18)25-2)7-9-17(23)15-5-4-6-16(21)12-15/h4-12H,3,13H2,1-2H3,(H,22,24)/b9-7+. The van der Waals surface area contributed by atoms with Gasteiger partial charge in [0.25, 0.3) is 5.91 Å². The fraction of sp³-hybridized carbons (Fsp3) is 0.200. The molecule has 2 aromatic carbocycles. The zero-order valence-electron chi connectivity index (χ0n) is 14.6. The van der Waals surface area contributed by atoms with Gasteiger partial charge in [0.1, 0.15) is 0 Å². The topological polar surface area (TPSA) is 64.6 Å². The van der Waals surface area contributed by atoms with Gasteiger partial charge in [-0.1, -0.05) is 40.2 Å². The summed E-state index contributed by atoms with van der Waals surface area (Å²) in [6.07, 6.45) is 3.21. The Kier molecular flexibility index (Phi) is 7.41. The van der Waals surface area contributed by atoms with E-state index >= 15 is 0 Å². The molecule has 0 bridgehead atoms. The van der Waals surface area contributed by atoms with Crippen LogP contribution in [0.2, 0.25) is 0 Å². The van der Waals surface area contributed by atoms with Crippen molar-refractivity contribution in [3.63, 3.8) is 0 Å². The lowest BCUT2D eigenvalue weighted by Crippen LogP contribution is -2.28. The second kappa shape index (κ2) is 9.77. The van der Waals surface area contributed by atoms with Crippen molar-refractivity contribution in [1.29, 1.82) is 0 Å². The third-order valence-corrected chi connectivity index (χ3v) is 3.95. The van der Waals surface area contributed by atoms with Crippen LogP contribution in [0.25, 0.3) is 6.08 Å². The van der Waals surface area contributed by atoms with E-state index in [-0.39, 0.29) is 18.3 Å². The number of ketones is 1. The number of carbonyl (C=O) groups excluding carboxylic acids is 2. The Morgan fingerprint density at radius 3 is 2.65 bits per heavy atom. The van der Waals surface area contributed by atoms with E-state index in [1.807, 2.05) is 19.1 Å². The first-order valence-corrected chi connectivity index (χ1v) is 8.88. The Morgan fingerprint density at radius 2 is 1.96 bits per heavy atom. The number of rotatable bonds is 8. The average Bonchev–Trinajstić information content (AvgIpc) is 2.64. The van der Waals surface area contributed by atoms with E-state index in [4.69, 9.17) is 9.47 Å². The molecule has 0 aliphatic carbocycles. The lowest BCUT2D eigenvalue weighted by atomic mass is 10.1. The smallest absolute Gasteiger partial charge is 0.257 e. The van der Waals surface area contributed by atoms with Gasteiger partial charge in [-0.25, -0.2) is 0 Å². The fourth-order valence-corrected chi connectivity index (χ4v) is 2.61. The maximum absolute atomic E-state index is 12.2. The van der Waals surface area contributed by atoms with Crippen LogP contribution in [0.1, 0.15) is 22.8 Å². The molecular formula is C20H20BrNO4. The first-order valence-electron chi connectivity index (χ1n) is 8.09. The van der Waals surface area contributed by atoms with Gasteiger partial charge in [-0.05, 0) is 42.8 Å². The van der Waals surface area contributed by atoms with Crippen LogP contribution in [0.5, 0.6) is 11.5 Å². The molecule has 2 aromatic rings. The summed E-state index contributed by atoms with van der Waals surface area (Å²) in [7, 11) is 1.52. The van der Waals surface area contributed by atoms with Gasteiger partial charge in [0.2, 0.25) is 0 Å². The van der Waals surface area contributed by atoms with Crippen molar-refractivity contribution < 1.29 is 19.1 Å². The number of ether oxygens (including phenoxy) is 2. The van der Waals surface area contributed by atoms with Crippen molar-refractivity contribution in [2.75, 3.05) is 20.3 Å². The summed E-state index contributed by atoms with van der Waals surface area (Å²) in [5.41, 5.74) is 1.39. The summed E-state index contributed by atoms with van der Waals surface area (Å²) in [5.74, 6) is 0.667. The van der Waals surface area contributed by atoms with Crippen molar-refractivity contribution in [2.45, 2.75) is 6.92 Å². The largest absolute Gasteiger partial charge is 0.493 e. The van der Waals surface area contributed by atoms with E-state index < -0.39 is 0 Å². The molecule has 5 nitrogen and oxygen atoms in total. The van der Waals surface area contributed by atoms with Gasteiger partial charge in [-0.2, -0.15) is 0 Å². The highest BCUT2D eigenvalue weighted by atomic mass is 79.9. The van der Waals surface area contributed by atoms with Gasteiger partial charge in [-0.15, -0.1) is 0 Å². The van der Waals surface area contributed by atoms with E-state index in [1.165, 1.54) is 13.2 Å². The summed E-state index contributed by atoms with van der Waals surface area (Å²) in [4.78, 5) is 23.7. The molecule has 2 rings (SSSR count). The number of hydrogen-bond acceptors (Lipinski definition) is 4. The number of carbonyl (C=O) groups is 2. The minimum absolute atomic E-state index is 0.0826. The Labute approximate surface area is 161 Å². The zero-order chi connectivity index (χ0) is 18.9. The molecular weight excluding hydrogens is 398 g/mol. The molecule has 1 amide bonds. The molecule has 136 valence electrons. The molecule has 0 spiro atoms. The summed E-state index contributed by atoms with van der Waals surface area (Å²) in [6, 6.07) is 12.5. The molecule has 26 heavy (non-hydrogen) atoms. The predicted octanol–water partition coefficient (Wildman–Crippen LogP) is 3.87. The van der Waals surface area contributed by atoms with Crippen LogP contribution in [0.15, 0.2) is 53.0 Å². The van der Waals surface area contributed by atoms with Crippen LogP contribution >= 0.6 is 15.9 Å². The second-order valence-corrected chi connectivity index (χ2v) is 6.28. The third-order valence-electron chi connectivity index (χ3n) is 3.46. The molecule has 0 unspecified atom stereocenters. The van der Waals surface area contributed by atoms with Gasteiger partial charge in [0.05, 0.1) is 7.11 Å². The first-order chi connectivity index (χ1) is 12.5. The maximum Gasteiger partial charge on any atom is 0.257 e. The Balaban J connectivity index is 2.08. The Bertz CT molecular complexity index is 817. The molecule has 0 saturated carbocycles. The van der Waals surface area contributed by atoms with Gasteiger partial charge in [0.15, 0.2) is 23.9 Å². The van der Waals surface area contributed by atoms with Gasteiger partial charge in [0, 0.05) is 16.6 Å². The van der Waals surface area contributed by atoms with Crippen molar-refractivity contribution in [3.05, 3.63) is 64.1 Å². The molecule has 0 radical (unpaired) electrons. The molecule has 6 heteroatoms. The van der Waals surface area contributed by atoms with Gasteiger partial charge in [-0.3, -0.25) is 9.59 Å². The molecule has 0 fully saturated rings. The number of likely N-dealkylation sites (N-methyl/N-ethyl adjacent to an activating group) is 1. The summed E-state index contributed by atoms with van der Waals surface area (Å²) < 4.78 is 11.6. The maximum atomic E-state index is 12.2. The minimum atomic E-state index is -0.196. The average molecular weight is 418 g/mol. The highest BCUT2D eigenvalue weighted by Gasteiger charge is 2.08. The van der Waals surface area contributed by atoms with E-state index in [0.717, 1.165) is 10.0 Å². The Hall–Kier alpha value is -2.60. The molecule has 0 aliphatic heterocycles. The lowest BCUT2D eigenvalue weighted by molar-refractivity contribution is -0.123. The number of nitrogens with one attached hydrogen (secondary N) is 1. The van der Waals surface area contributed by atoms with E-state index in [9.17, 15) is 9.59 Å². The van der Waals surface area contributed by atoms with Crippen LogP contribution in [0.3, 0.4) is 0 Å². The first kappa shape index (κ1) is 19.7. The van der Waals surface area contributed by atoms with Crippen molar-refractivity contribution in [1.82, 2.24) is 5.32 Å². The zero-order valence-corrected chi connectivity index (χ0v) is 16.2. The summed E-state index contributed by atoms with van der Waals surface area (Å²) in [5, 5.41) is 2.66. The third kappa shape index (κ3) is 5.74. The van der Waals surface area contributed by atoms with E-state index in [0.29, 0.717) is 23.6 Å². The quantitative estimate of drug-likeness (QED) is 0.522. The number of benzene rings is 2. The molecule has 0 aromatic heterocycles. The second-order valence-electron chi connectivity index (χ2n) is 5.36. The SMILES string of the molecule is CCNC(=O)COc1ccc(/C=C/C(=O)c2cccc(Br)c2)cc1OC. The van der Waals surface area contributed by atoms with Crippen LogP contribution in [-0.2, 0) is 4.79 Å². The molecule has 0 atom stereocenters. The number of halogens is 1. The van der Waals surface area contributed by atoms with Crippen LogP contribution in [0, 0.1) is 0 Å². The minimum Gasteiger partial charge on any atom is -0.493 e. The lowest BCUT2D eigenvalue weighted by Gasteiger charge is -2.11. The van der Waals surface area contributed by atoms with Crippen LogP contribution < -0.4 is 14.8 Å². The number of methoxy groups -OCH3 is 1. The highest BCUT2D eigenvalue weighted by Crippen LogP contribution is 2.28. The summed E-state index contributed by atoms with van der Waals surface area (Å²) in [6.45, 7) is 2.31. The highest BCUT2D eigenvalue weighted by molar-refractivity contribution is 9.10. The molecule has 0 saturated heterocycles. The molecule has 0 heterocycles. The van der Waals surface area contributed by atoms with Crippen molar-refractivity contribution in [3.8, 4) is 11.5 Å². The number of amides is 1. The molecule has 0 aliphatic rings. The van der Waals surface area contributed by atoms with E-state index in [2.05, 4.69) is 21.2 Å². The van der Waals surface area contributed by atoms with Crippen molar-refractivity contribution >= 4 is 33.7 Å². The van der Waals surface area contributed by atoms with Crippen LogP contribution in [-0.4, -0.2) is 32.0 Å². The Morgan fingerprint density at radius 1 is 1.15 bits per heavy atom. The van der Waals surface area contributed by atoms with Gasteiger partial charge >= 0.3 is 0 Å². The normalized spacial score (nSPS) is 10.6. The van der Waals surface area contributed by atoms with Gasteiger partial charge < -0.3 is 14.8 Å². The van der Waals surface area contributed by atoms with Crippen molar-refractivity contribution in [2.24, 2.45) is 0 Å². The van der Waals surface area contributed by atoms with Crippen LogP contribution in [0.4, 0.5) is 0 Å². The number of hydrogen-bond donors (Lipinski definition) is 1. The molecule has 1 N–H and O–H groups in total. The number of allylic oxidation sites excluding steroid dienone is 1. The monoisotopic (exact) mass is 417 g/mol. The fourth-order valence-electron chi connectivity index (χ4n) is 2.21.